The maximum absolute atomic E-state index is 13.8. The van der Waals surface area contributed by atoms with Gasteiger partial charge < -0.3 is 9.67 Å². The summed E-state index contributed by atoms with van der Waals surface area (Å²) in [6, 6.07) is 32.9. The second-order valence-corrected chi connectivity index (χ2v) is 10.9. The highest BCUT2D eigenvalue weighted by molar-refractivity contribution is 8.18. The third kappa shape index (κ3) is 5.19. The normalized spacial score (nSPS) is 15.4. The van der Waals surface area contributed by atoms with Crippen molar-refractivity contribution in [2.75, 3.05) is 0 Å². The van der Waals surface area contributed by atoms with Gasteiger partial charge in [0, 0.05) is 16.8 Å². The van der Waals surface area contributed by atoms with E-state index in [1.807, 2.05) is 48.5 Å². The minimum Gasteiger partial charge on any atom is -0.478 e. The predicted molar refractivity (Wildman–Crippen MR) is 166 cm³/mol. The number of aromatic nitrogens is 1. The number of carboxylic acids is 1. The van der Waals surface area contributed by atoms with E-state index in [2.05, 4.69) is 54.8 Å². The molecule has 6 nitrogen and oxygen atoms in total. The lowest BCUT2D eigenvalue weighted by atomic mass is 10.1. The average molecular weight is 558 g/mol. The van der Waals surface area contributed by atoms with Gasteiger partial charge in [-0.15, -0.1) is 0 Å². The van der Waals surface area contributed by atoms with Crippen molar-refractivity contribution in [2.24, 2.45) is 4.99 Å². The van der Waals surface area contributed by atoms with Crippen LogP contribution in [-0.2, 0) is 11.3 Å². The lowest BCUT2D eigenvalue weighted by Gasteiger charge is -2.16. The summed E-state index contributed by atoms with van der Waals surface area (Å²) in [4.78, 5) is 32.1. The number of hydrogen-bond acceptors (Lipinski definition) is 4. The average Bonchev–Trinajstić information content (AvgIpc) is 3.42. The summed E-state index contributed by atoms with van der Waals surface area (Å²) in [5.74, 6) is -1.12. The van der Waals surface area contributed by atoms with Crippen LogP contribution in [-0.4, -0.2) is 31.6 Å². The van der Waals surface area contributed by atoms with Gasteiger partial charge in [-0.25, -0.2) is 9.79 Å². The first kappa shape index (κ1) is 26.3. The topological polar surface area (TPSA) is 74.9 Å². The summed E-state index contributed by atoms with van der Waals surface area (Å²) in [6.07, 6.45) is 1.95. The molecular formula is C34H27N3O3S. The van der Waals surface area contributed by atoms with E-state index in [4.69, 9.17) is 4.99 Å². The van der Waals surface area contributed by atoms with Crippen LogP contribution < -0.4 is 0 Å². The van der Waals surface area contributed by atoms with Crippen LogP contribution in [0.25, 0.3) is 22.5 Å². The lowest BCUT2D eigenvalue weighted by molar-refractivity contribution is -0.122. The van der Waals surface area contributed by atoms with Crippen molar-refractivity contribution < 1.29 is 14.7 Å². The Morgan fingerprint density at radius 1 is 0.902 bits per heavy atom. The van der Waals surface area contributed by atoms with Gasteiger partial charge in [0.25, 0.3) is 5.91 Å². The molecule has 0 bridgehead atoms. The number of aryl methyl sites for hydroxylation is 1. The Balaban J connectivity index is 1.38. The van der Waals surface area contributed by atoms with Crippen molar-refractivity contribution in [1.82, 2.24) is 9.47 Å². The van der Waals surface area contributed by atoms with Gasteiger partial charge in [-0.05, 0) is 84.6 Å². The van der Waals surface area contributed by atoms with E-state index in [0.29, 0.717) is 10.1 Å². The number of carboxylic acid groups (broad SMARTS) is 1. The highest BCUT2D eigenvalue weighted by atomic mass is 32.2. The molecule has 202 valence electrons. The molecule has 1 aromatic heterocycles. The SMILES string of the molecule is Cc1cc(/C=C2\SC(=Nc3ccccc3)N(Cc3ccc(C(=O)O)cc3)C2=O)c(C)n1-c1cccc2ccccc12. The largest absolute Gasteiger partial charge is 0.478 e. The summed E-state index contributed by atoms with van der Waals surface area (Å²) < 4.78 is 2.24. The van der Waals surface area contributed by atoms with E-state index in [1.54, 1.807) is 29.2 Å². The van der Waals surface area contributed by atoms with Crippen molar-refractivity contribution in [3.8, 4) is 5.69 Å². The number of thioether (sulfide) groups is 1. The van der Waals surface area contributed by atoms with E-state index in [9.17, 15) is 14.7 Å². The van der Waals surface area contributed by atoms with E-state index < -0.39 is 5.97 Å². The molecule has 1 saturated heterocycles. The fraction of sp³-hybridized carbons (Fsp3) is 0.0882. The molecule has 0 radical (unpaired) electrons. The Morgan fingerprint density at radius 2 is 1.61 bits per heavy atom. The number of carbonyl (C=O) groups excluding carboxylic acids is 1. The molecule has 0 unspecified atom stereocenters. The molecular weight excluding hydrogens is 530 g/mol. The summed E-state index contributed by atoms with van der Waals surface area (Å²) in [5.41, 5.74) is 5.98. The minimum atomic E-state index is -0.984. The predicted octanol–water partition coefficient (Wildman–Crippen LogP) is 7.75. The van der Waals surface area contributed by atoms with Crippen molar-refractivity contribution in [3.63, 3.8) is 0 Å². The summed E-state index contributed by atoms with van der Waals surface area (Å²) in [7, 11) is 0. The van der Waals surface area contributed by atoms with E-state index >= 15 is 0 Å². The highest BCUT2D eigenvalue weighted by Gasteiger charge is 2.34. The standard InChI is InChI=1S/C34H27N3O3S/c1-22-19-27(23(2)37(22)30-14-8-10-25-9-6-7-13-29(25)30)20-31-32(38)36(21-24-15-17-26(18-16-24)33(39)40)34(41-31)35-28-11-4-3-5-12-28/h3-20H,21H2,1-2H3,(H,39,40)/b31-20-,35-34?. The number of aliphatic imine (C=N–C) groups is 1. The van der Waals surface area contributed by atoms with Crippen molar-refractivity contribution in [1.29, 1.82) is 0 Å². The first-order valence-electron chi connectivity index (χ1n) is 13.2. The van der Waals surface area contributed by atoms with Crippen molar-refractivity contribution >= 4 is 51.3 Å². The summed E-state index contributed by atoms with van der Waals surface area (Å²) >= 11 is 1.35. The van der Waals surface area contributed by atoms with Crippen LogP contribution in [0.3, 0.4) is 0 Å². The Morgan fingerprint density at radius 3 is 2.37 bits per heavy atom. The molecule has 7 heteroatoms. The van der Waals surface area contributed by atoms with Gasteiger partial charge in [-0.2, -0.15) is 0 Å². The smallest absolute Gasteiger partial charge is 0.335 e. The Kier molecular flexibility index (Phi) is 7.03. The molecule has 0 aliphatic carbocycles. The number of benzene rings is 4. The van der Waals surface area contributed by atoms with Crippen LogP contribution in [0.15, 0.2) is 113 Å². The lowest BCUT2D eigenvalue weighted by Crippen LogP contribution is -2.28. The first-order chi connectivity index (χ1) is 19.9. The third-order valence-electron chi connectivity index (χ3n) is 7.17. The van der Waals surface area contributed by atoms with Crippen LogP contribution >= 0.6 is 11.8 Å². The number of aromatic carboxylic acids is 1. The molecule has 41 heavy (non-hydrogen) atoms. The zero-order chi connectivity index (χ0) is 28.5. The second kappa shape index (κ2) is 10.9. The van der Waals surface area contributed by atoms with Gasteiger partial charge in [0.1, 0.15) is 0 Å². The number of amidine groups is 1. The number of fused-ring (bicyclic) bond motifs is 1. The zero-order valence-corrected chi connectivity index (χ0v) is 23.4. The highest BCUT2D eigenvalue weighted by Crippen LogP contribution is 2.37. The van der Waals surface area contributed by atoms with Crippen molar-refractivity contribution in [2.45, 2.75) is 20.4 Å². The van der Waals surface area contributed by atoms with Gasteiger partial charge in [0.05, 0.1) is 28.4 Å². The maximum Gasteiger partial charge on any atom is 0.335 e. The zero-order valence-electron chi connectivity index (χ0n) is 22.6. The number of carbonyl (C=O) groups is 2. The summed E-state index contributed by atoms with van der Waals surface area (Å²) in [5, 5.41) is 12.2. The third-order valence-corrected chi connectivity index (χ3v) is 8.18. The number of nitrogens with zero attached hydrogens (tertiary/aromatic N) is 3. The monoisotopic (exact) mass is 557 g/mol. The number of rotatable bonds is 6. The van der Waals surface area contributed by atoms with Gasteiger partial charge in [0.15, 0.2) is 5.17 Å². The molecule has 1 amide bonds. The molecule has 4 aromatic carbocycles. The molecule has 0 atom stereocenters. The minimum absolute atomic E-state index is 0.137. The fourth-order valence-corrected chi connectivity index (χ4v) is 6.12. The molecule has 6 rings (SSSR count). The molecule has 1 fully saturated rings. The van der Waals surface area contributed by atoms with Crippen LogP contribution in [0.1, 0.15) is 32.9 Å². The van der Waals surface area contributed by atoms with Gasteiger partial charge >= 0.3 is 5.97 Å². The van der Waals surface area contributed by atoms with E-state index in [0.717, 1.165) is 33.9 Å². The Labute approximate surface area is 242 Å². The molecule has 2 heterocycles. The molecule has 0 saturated carbocycles. The fourth-order valence-electron chi connectivity index (χ4n) is 5.13. The van der Waals surface area contributed by atoms with Gasteiger partial charge in [0.2, 0.25) is 0 Å². The van der Waals surface area contributed by atoms with Crippen molar-refractivity contribution in [3.05, 3.63) is 136 Å². The van der Waals surface area contributed by atoms with Gasteiger partial charge in [-0.1, -0.05) is 66.7 Å². The quantitative estimate of drug-likeness (QED) is 0.217. The maximum atomic E-state index is 13.8. The summed E-state index contributed by atoms with van der Waals surface area (Å²) in [6.45, 7) is 4.44. The molecule has 0 spiro atoms. The van der Waals surface area contributed by atoms with Gasteiger partial charge in [-0.3, -0.25) is 9.69 Å². The van der Waals surface area contributed by atoms with Crippen LogP contribution in [0, 0.1) is 13.8 Å². The first-order valence-corrected chi connectivity index (χ1v) is 14.0. The van der Waals surface area contributed by atoms with Crippen LogP contribution in [0.4, 0.5) is 5.69 Å². The molecule has 1 N–H and O–H groups in total. The second-order valence-electron chi connectivity index (χ2n) is 9.89. The Hall–Kier alpha value is -4.88. The van der Waals surface area contributed by atoms with E-state index in [1.165, 1.54) is 22.5 Å². The number of hydrogen-bond donors (Lipinski definition) is 1. The molecule has 5 aromatic rings. The molecule has 1 aliphatic heterocycles. The number of para-hydroxylation sites is 1. The Bertz CT molecular complexity index is 1850. The van der Waals surface area contributed by atoms with E-state index in [-0.39, 0.29) is 18.0 Å². The van der Waals surface area contributed by atoms with Crippen LogP contribution in [0.2, 0.25) is 0 Å². The number of amides is 1. The molecule has 1 aliphatic rings. The van der Waals surface area contributed by atoms with Crippen LogP contribution in [0.5, 0.6) is 0 Å².